The van der Waals surface area contributed by atoms with Gasteiger partial charge in [0.2, 0.25) is 0 Å². The summed E-state index contributed by atoms with van der Waals surface area (Å²) in [5.74, 6) is -0.591. The number of rotatable bonds is 0. The molecule has 0 N–H and O–H groups in total. The van der Waals surface area contributed by atoms with E-state index in [1.54, 1.807) is 0 Å². The van der Waals surface area contributed by atoms with Crippen molar-refractivity contribution in [3.63, 3.8) is 0 Å². The number of sulfone groups is 3. The van der Waals surface area contributed by atoms with Crippen molar-refractivity contribution in [2.75, 3.05) is 5.75 Å². The van der Waals surface area contributed by atoms with E-state index in [9.17, 15) is 25.3 Å². The van der Waals surface area contributed by atoms with E-state index < -0.39 is 29.5 Å². The van der Waals surface area contributed by atoms with Crippen molar-refractivity contribution in [3.8, 4) is 55.6 Å². The summed E-state index contributed by atoms with van der Waals surface area (Å²) in [4.78, 5) is 0. The number of hydrogen-bond acceptors (Lipinski definition) is 6. The minimum atomic E-state index is -3.51. The van der Waals surface area contributed by atoms with Gasteiger partial charge in [0, 0.05) is 0 Å². The van der Waals surface area contributed by atoms with E-state index >= 15 is 0 Å². The summed E-state index contributed by atoms with van der Waals surface area (Å²) >= 11 is 0. The fourth-order valence-corrected chi connectivity index (χ4v) is 13.7. The predicted molar refractivity (Wildman–Crippen MR) is 255 cm³/mol. The summed E-state index contributed by atoms with van der Waals surface area (Å²) < 4.78 is 81.9. The molecule has 7 aromatic carbocycles. The van der Waals surface area contributed by atoms with Crippen molar-refractivity contribution < 1.29 is 25.3 Å². The summed E-state index contributed by atoms with van der Waals surface area (Å²) in [6.07, 6.45) is 6.68. The molecule has 22 aliphatic rings. The average Bonchev–Trinajstić information content (AvgIpc) is 3.26. The average molecular weight is 885 g/mol. The summed E-state index contributed by atoms with van der Waals surface area (Å²) in [6, 6.07) is 50.8. The topological polar surface area (TPSA) is 102 Å². The van der Waals surface area contributed by atoms with E-state index in [1.807, 2.05) is 133 Å². The fraction of sp³-hybridized carbons (Fsp3) is 0.148. The van der Waals surface area contributed by atoms with Gasteiger partial charge in [0.1, 0.15) is 0 Å². The quantitative estimate of drug-likeness (QED) is 0.150. The highest BCUT2D eigenvalue weighted by Crippen LogP contribution is 2.37. The maximum Gasteiger partial charge on any atom is 0.158 e. The van der Waals surface area contributed by atoms with Gasteiger partial charge in [0.15, 0.2) is 29.5 Å². The first kappa shape index (κ1) is 40.9. The molecule has 21 aliphatic heterocycles. The second kappa shape index (κ2) is 16.2. The number of benzene rings is 7. The van der Waals surface area contributed by atoms with Crippen LogP contribution in [0.25, 0.3) is 61.2 Å². The minimum absolute atomic E-state index is 0.0352. The maximum absolute atomic E-state index is 13.7. The van der Waals surface area contributed by atoms with Crippen LogP contribution in [0.15, 0.2) is 176 Å². The Kier molecular flexibility index (Phi) is 10.5. The van der Waals surface area contributed by atoms with Crippen molar-refractivity contribution >= 4 is 35.1 Å². The van der Waals surface area contributed by atoms with Crippen molar-refractivity contribution in [2.45, 2.75) is 35.2 Å². The van der Waals surface area contributed by atoms with Crippen LogP contribution < -0.4 is 0 Å². The molecule has 1 aliphatic carbocycles. The monoisotopic (exact) mass is 884 g/mol. The van der Waals surface area contributed by atoms with E-state index in [0.717, 1.165) is 66.8 Å². The molecular formula is C54H44O6S3. The minimum Gasteiger partial charge on any atom is -0.228 e. The first-order valence-electron chi connectivity index (χ1n) is 21.0. The molecule has 0 unspecified atom stereocenters. The summed E-state index contributed by atoms with van der Waals surface area (Å²) in [5, 5.41) is 0. The van der Waals surface area contributed by atoms with Crippen LogP contribution in [-0.4, -0.2) is 31.0 Å². The molecule has 18 bridgehead atoms. The first-order valence-corrected chi connectivity index (χ1v) is 26.5. The smallest absolute Gasteiger partial charge is 0.158 e. The van der Waals surface area contributed by atoms with Gasteiger partial charge in [0.25, 0.3) is 0 Å². The Balaban J connectivity index is 1.15. The highest BCUT2D eigenvalue weighted by Gasteiger charge is 2.22. The summed E-state index contributed by atoms with van der Waals surface area (Å²) in [7, 11) is -10.5. The zero-order valence-electron chi connectivity index (χ0n) is 34.4. The van der Waals surface area contributed by atoms with Gasteiger partial charge < -0.3 is 0 Å². The van der Waals surface area contributed by atoms with Crippen LogP contribution in [0.1, 0.15) is 39.8 Å². The van der Waals surface area contributed by atoms with Gasteiger partial charge >= 0.3 is 0 Å². The number of hydrogen-bond donors (Lipinski definition) is 0. The van der Waals surface area contributed by atoms with Gasteiger partial charge in [-0.1, -0.05) is 140 Å². The Labute approximate surface area is 370 Å². The van der Waals surface area contributed by atoms with Crippen LogP contribution in [0.5, 0.6) is 0 Å². The maximum atomic E-state index is 13.7. The molecule has 6 nitrogen and oxygen atoms in total. The van der Waals surface area contributed by atoms with Gasteiger partial charge in [-0.25, -0.2) is 25.3 Å². The Morgan fingerprint density at radius 1 is 0.317 bits per heavy atom. The van der Waals surface area contributed by atoms with Gasteiger partial charge in [-0.3, -0.25) is 0 Å². The van der Waals surface area contributed by atoms with Crippen LogP contribution in [0.3, 0.4) is 0 Å². The van der Waals surface area contributed by atoms with Crippen LogP contribution in [0, 0.1) is 5.92 Å². The molecule has 0 spiro atoms. The lowest BCUT2D eigenvalue weighted by atomic mass is 9.89. The molecule has 7 aromatic rings. The SMILES string of the molecule is O=S1(=O)Cc2ccc(cc2)-c2cc3cc(c2)-c2ccc(cc2)CS(=O)(=O)Cc2ccc(cc2)-c2cc(cc(c2)-c2ccc(cc2)CS(=O)(=O)C[C@@H]2C=CC3=CC2)-c2ccc(cc2)C1. The van der Waals surface area contributed by atoms with Crippen LogP contribution >= 0.6 is 0 Å². The van der Waals surface area contributed by atoms with Crippen molar-refractivity contribution in [1.82, 2.24) is 0 Å². The van der Waals surface area contributed by atoms with E-state index in [0.29, 0.717) is 34.2 Å². The molecule has 0 radical (unpaired) electrons. The zero-order valence-corrected chi connectivity index (χ0v) is 36.9. The van der Waals surface area contributed by atoms with Crippen LogP contribution in [0.2, 0.25) is 0 Å². The Morgan fingerprint density at radius 3 is 0.857 bits per heavy atom. The molecule has 0 saturated heterocycles. The van der Waals surface area contributed by atoms with Gasteiger partial charge in [-0.2, -0.15) is 0 Å². The number of allylic oxidation sites excluding steroid dienone is 4. The second-order valence-electron chi connectivity index (χ2n) is 17.2. The first-order chi connectivity index (χ1) is 30.3. The standard InChI is InChI=1S/C54H44O6S3/c55-61(56)31-37-1-13-43(14-2-37)49-25-50-27-51(26-49)45-19-7-40(8-20-45)34-63(59,60)36-42-11-23-48(24-12-42)54-29-52(46-15-3-38(32-61)4-16-46)28-53(30-54)47-21-9-41(10-22-47)35-62(57,58)33-39-5-17-44(50)18-6-39/h1-11,13-30,42H,12,31-36H2/t42-/m1/s1. The fourth-order valence-electron chi connectivity index (χ4n) is 8.98. The van der Waals surface area contributed by atoms with Gasteiger partial charge in [-0.15, -0.1) is 0 Å². The molecule has 0 saturated carbocycles. The van der Waals surface area contributed by atoms with Gasteiger partial charge in [-0.05, 0) is 143 Å². The molecular weight excluding hydrogens is 841 g/mol. The third kappa shape index (κ3) is 9.32. The van der Waals surface area contributed by atoms with Gasteiger partial charge in [0.05, 0.1) is 34.5 Å². The molecule has 0 aromatic heterocycles. The molecule has 314 valence electrons. The predicted octanol–water partition coefficient (Wildman–Crippen LogP) is 11.5. The summed E-state index contributed by atoms with van der Waals surface area (Å²) in [6.45, 7) is 0. The molecule has 63 heavy (non-hydrogen) atoms. The molecule has 21 heterocycles. The Morgan fingerprint density at radius 2 is 0.587 bits per heavy atom. The highest BCUT2D eigenvalue weighted by molar-refractivity contribution is 7.90. The molecule has 9 heteroatoms. The molecule has 0 fully saturated rings. The zero-order chi connectivity index (χ0) is 43.3. The summed E-state index contributed by atoms with van der Waals surface area (Å²) in [5.41, 5.74) is 14.6. The van der Waals surface area contributed by atoms with E-state index in [-0.39, 0.29) is 40.4 Å². The second-order valence-corrected chi connectivity index (χ2v) is 23.5. The third-order valence-electron chi connectivity index (χ3n) is 12.2. The Hall–Kier alpha value is -6.13. The largest absolute Gasteiger partial charge is 0.228 e. The van der Waals surface area contributed by atoms with Crippen LogP contribution in [0.4, 0.5) is 0 Å². The lowest BCUT2D eigenvalue weighted by molar-refractivity contribution is 0.582. The van der Waals surface area contributed by atoms with E-state index in [2.05, 4.69) is 42.5 Å². The normalized spacial score (nSPS) is 18.3. The van der Waals surface area contributed by atoms with Crippen molar-refractivity contribution in [2.24, 2.45) is 5.92 Å². The molecule has 0 amide bonds. The van der Waals surface area contributed by atoms with Crippen LogP contribution in [-0.2, 0) is 58.3 Å². The Bertz CT molecular complexity index is 3130. The molecule has 29 rings (SSSR count). The lowest BCUT2D eigenvalue weighted by Gasteiger charge is -2.18. The van der Waals surface area contributed by atoms with Crippen molar-refractivity contribution in [3.05, 3.63) is 209 Å². The molecule has 1 atom stereocenters. The third-order valence-corrected chi connectivity index (χ3v) is 17.0. The van der Waals surface area contributed by atoms with E-state index in [1.165, 1.54) is 0 Å². The lowest BCUT2D eigenvalue weighted by Crippen LogP contribution is -2.17. The van der Waals surface area contributed by atoms with E-state index in [4.69, 9.17) is 0 Å². The van der Waals surface area contributed by atoms with Crippen molar-refractivity contribution in [1.29, 1.82) is 0 Å². The highest BCUT2D eigenvalue weighted by atomic mass is 32.2.